The van der Waals surface area contributed by atoms with Crippen molar-refractivity contribution in [3.8, 4) is 5.88 Å². The number of hydrogen-bond donors (Lipinski definition) is 2. The lowest BCUT2D eigenvalue weighted by Crippen LogP contribution is -2.50. The van der Waals surface area contributed by atoms with E-state index in [0.717, 1.165) is 25.7 Å². The molecule has 8 heteroatoms. The van der Waals surface area contributed by atoms with E-state index in [9.17, 15) is 14.4 Å². The smallest absolute Gasteiger partial charge is 0.324 e. The molecular formula is C18H24N4O4. The molecule has 1 saturated heterocycles. The van der Waals surface area contributed by atoms with Gasteiger partial charge in [0, 0.05) is 44.2 Å². The number of carbonyl (C=O) groups excluding carboxylic acids is 3. The van der Waals surface area contributed by atoms with Crippen molar-refractivity contribution in [2.24, 2.45) is 0 Å². The van der Waals surface area contributed by atoms with Crippen LogP contribution in [0.1, 0.15) is 38.5 Å². The third-order valence-electron chi connectivity index (χ3n) is 4.72. The number of ether oxygens (including phenoxy) is 1. The van der Waals surface area contributed by atoms with E-state index in [1.807, 2.05) is 18.2 Å². The number of urea groups is 1. The van der Waals surface area contributed by atoms with Crippen molar-refractivity contribution >= 4 is 17.8 Å². The van der Waals surface area contributed by atoms with Gasteiger partial charge in [-0.25, -0.2) is 9.78 Å². The van der Waals surface area contributed by atoms with Crippen LogP contribution in [0.2, 0.25) is 0 Å². The Hall–Kier alpha value is -2.64. The molecular weight excluding hydrogens is 336 g/mol. The maximum absolute atomic E-state index is 12.1. The summed E-state index contributed by atoms with van der Waals surface area (Å²) < 4.78 is 5.85. The SMILES string of the molecule is O=C1CCN(CCC(=O)NC2CCC(Oc3ccccn3)CC2)C(=O)N1. The normalized spacial score (nSPS) is 23.3. The largest absolute Gasteiger partial charge is 0.474 e. The molecule has 0 aromatic carbocycles. The van der Waals surface area contributed by atoms with Gasteiger partial charge in [-0.3, -0.25) is 14.9 Å². The van der Waals surface area contributed by atoms with Gasteiger partial charge in [0.25, 0.3) is 0 Å². The first-order chi connectivity index (χ1) is 12.6. The van der Waals surface area contributed by atoms with E-state index in [1.165, 1.54) is 4.90 Å². The number of imide groups is 1. The van der Waals surface area contributed by atoms with Gasteiger partial charge in [0.15, 0.2) is 0 Å². The van der Waals surface area contributed by atoms with Crippen LogP contribution in [0.5, 0.6) is 5.88 Å². The van der Waals surface area contributed by atoms with Gasteiger partial charge in [0.2, 0.25) is 17.7 Å². The minimum absolute atomic E-state index is 0.0659. The number of rotatable bonds is 6. The molecule has 2 heterocycles. The molecule has 0 unspecified atom stereocenters. The second-order valence-electron chi connectivity index (χ2n) is 6.67. The number of carbonyl (C=O) groups is 3. The summed E-state index contributed by atoms with van der Waals surface area (Å²) in [6.07, 6.45) is 5.84. The van der Waals surface area contributed by atoms with Crippen LogP contribution < -0.4 is 15.4 Å². The molecule has 2 N–H and O–H groups in total. The molecule has 1 aliphatic heterocycles. The van der Waals surface area contributed by atoms with Crippen molar-refractivity contribution in [3.05, 3.63) is 24.4 Å². The Labute approximate surface area is 152 Å². The van der Waals surface area contributed by atoms with Crippen molar-refractivity contribution in [2.75, 3.05) is 13.1 Å². The highest BCUT2D eigenvalue weighted by atomic mass is 16.5. The van der Waals surface area contributed by atoms with E-state index in [4.69, 9.17) is 4.74 Å². The predicted molar refractivity (Wildman–Crippen MR) is 93.4 cm³/mol. The van der Waals surface area contributed by atoms with Gasteiger partial charge < -0.3 is 15.0 Å². The van der Waals surface area contributed by atoms with Gasteiger partial charge >= 0.3 is 6.03 Å². The number of amides is 4. The molecule has 0 bridgehead atoms. The van der Waals surface area contributed by atoms with E-state index in [2.05, 4.69) is 15.6 Å². The molecule has 26 heavy (non-hydrogen) atoms. The summed E-state index contributed by atoms with van der Waals surface area (Å²) in [5, 5.41) is 5.29. The quantitative estimate of drug-likeness (QED) is 0.794. The second-order valence-corrected chi connectivity index (χ2v) is 6.67. The highest BCUT2D eigenvalue weighted by Crippen LogP contribution is 2.22. The summed E-state index contributed by atoms with van der Waals surface area (Å²) in [5.74, 6) is 0.308. The maximum Gasteiger partial charge on any atom is 0.324 e. The highest BCUT2D eigenvalue weighted by molar-refractivity contribution is 5.96. The summed E-state index contributed by atoms with van der Waals surface area (Å²) in [7, 11) is 0. The Morgan fingerprint density at radius 2 is 2.08 bits per heavy atom. The second kappa shape index (κ2) is 8.64. The fraction of sp³-hybridized carbons (Fsp3) is 0.556. The van der Waals surface area contributed by atoms with Gasteiger partial charge in [0.05, 0.1) is 0 Å². The van der Waals surface area contributed by atoms with Gasteiger partial charge in [0.1, 0.15) is 6.10 Å². The zero-order chi connectivity index (χ0) is 18.4. The Morgan fingerprint density at radius 3 is 2.77 bits per heavy atom. The van der Waals surface area contributed by atoms with Crippen molar-refractivity contribution in [3.63, 3.8) is 0 Å². The third-order valence-corrected chi connectivity index (χ3v) is 4.72. The lowest BCUT2D eigenvalue weighted by molar-refractivity contribution is -0.122. The Balaban J connectivity index is 1.34. The van der Waals surface area contributed by atoms with Crippen LogP contribution in [0.25, 0.3) is 0 Å². The Morgan fingerprint density at radius 1 is 1.27 bits per heavy atom. The standard InChI is InChI=1S/C18H24N4O4/c23-15(8-11-22-12-9-16(24)21-18(22)25)20-13-4-6-14(7-5-13)26-17-3-1-2-10-19-17/h1-3,10,13-14H,4-9,11-12H2,(H,20,23)(H,21,24,25). The number of nitrogens with one attached hydrogen (secondary N) is 2. The first-order valence-electron chi connectivity index (χ1n) is 9.06. The lowest BCUT2D eigenvalue weighted by Gasteiger charge is -2.30. The minimum Gasteiger partial charge on any atom is -0.474 e. The average molecular weight is 360 g/mol. The fourth-order valence-corrected chi connectivity index (χ4v) is 3.26. The molecule has 1 aromatic rings. The van der Waals surface area contributed by atoms with E-state index in [1.54, 1.807) is 6.20 Å². The molecule has 1 aliphatic carbocycles. The van der Waals surface area contributed by atoms with Crippen LogP contribution in [0.3, 0.4) is 0 Å². The molecule has 0 atom stereocenters. The van der Waals surface area contributed by atoms with Crippen LogP contribution in [0.15, 0.2) is 24.4 Å². The van der Waals surface area contributed by atoms with Crippen LogP contribution in [0, 0.1) is 0 Å². The van der Waals surface area contributed by atoms with Crippen LogP contribution >= 0.6 is 0 Å². The number of pyridine rings is 1. The molecule has 8 nitrogen and oxygen atoms in total. The van der Waals surface area contributed by atoms with Crippen molar-refractivity contribution < 1.29 is 19.1 Å². The number of nitrogens with zero attached hydrogens (tertiary/aromatic N) is 2. The number of hydrogen-bond acceptors (Lipinski definition) is 5. The zero-order valence-electron chi connectivity index (χ0n) is 14.6. The van der Waals surface area contributed by atoms with E-state index in [-0.39, 0.29) is 36.8 Å². The predicted octanol–water partition coefficient (Wildman–Crippen LogP) is 1.22. The maximum atomic E-state index is 12.1. The molecule has 2 aliphatic rings. The fourth-order valence-electron chi connectivity index (χ4n) is 3.26. The van der Waals surface area contributed by atoms with Gasteiger partial charge in [-0.15, -0.1) is 0 Å². The topological polar surface area (TPSA) is 101 Å². The van der Waals surface area contributed by atoms with Gasteiger partial charge in [-0.05, 0) is 31.7 Å². The first kappa shape index (κ1) is 18.2. The van der Waals surface area contributed by atoms with Crippen LogP contribution in [0.4, 0.5) is 4.79 Å². The first-order valence-corrected chi connectivity index (χ1v) is 9.06. The summed E-state index contributed by atoms with van der Waals surface area (Å²) >= 11 is 0. The summed E-state index contributed by atoms with van der Waals surface area (Å²) in [6.45, 7) is 0.691. The van der Waals surface area contributed by atoms with E-state index in [0.29, 0.717) is 19.0 Å². The molecule has 1 aromatic heterocycles. The molecule has 2 fully saturated rings. The van der Waals surface area contributed by atoms with Crippen LogP contribution in [-0.4, -0.2) is 53.0 Å². The highest BCUT2D eigenvalue weighted by Gasteiger charge is 2.25. The molecule has 3 rings (SSSR count). The van der Waals surface area contributed by atoms with Crippen molar-refractivity contribution in [1.82, 2.24) is 20.5 Å². The molecule has 0 spiro atoms. The summed E-state index contributed by atoms with van der Waals surface area (Å²) in [5.41, 5.74) is 0. The zero-order valence-corrected chi connectivity index (χ0v) is 14.6. The third kappa shape index (κ3) is 5.18. The van der Waals surface area contributed by atoms with Crippen molar-refractivity contribution in [1.29, 1.82) is 0 Å². The van der Waals surface area contributed by atoms with Gasteiger partial charge in [-0.2, -0.15) is 0 Å². The minimum atomic E-state index is -0.416. The lowest BCUT2D eigenvalue weighted by atomic mass is 9.93. The van der Waals surface area contributed by atoms with E-state index >= 15 is 0 Å². The Kier molecular flexibility index (Phi) is 6.04. The summed E-state index contributed by atoms with van der Waals surface area (Å²) in [6, 6.07) is 5.32. The molecule has 140 valence electrons. The summed E-state index contributed by atoms with van der Waals surface area (Å²) in [4.78, 5) is 40.5. The van der Waals surface area contributed by atoms with E-state index < -0.39 is 6.03 Å². The monoisotopic (exact) mass is 360 g/mol. The Bertz CT molecular complexity index is 644. The van der Waals surface area contributed by atoms with Crippen LogP contribution in [-0.2, 0) is 9.59 Å². The number of aromatic nitrogens is 1. The average Bonchev–Trinajstić information content (AvgIpc) is 2.63. The van der Waals surface area contributed by atoms with Gasteiger partial charge in [-0.1, -0.05) is 6.07 Å². The molecule has 4 amide bonds. The van der Waals surface area contributed by atoms with Crippen molar-refractivity contribution in [2.45, 2.75) is 50.7 Å². The molecule has 0 radical (unpaired) electrons. The molecule has 1 saturated carbocycles.